The van der Waals surface area contributed by atoms with Crippen molar-refractivity contribution in [3.05, 3.63) is 120 Å². The summed E-state index contributed by atoms with van der Waals surface area (Å²) < 4.78 is 36.3. The molecule has 0 N–H and O–H groups in total. The van der Waals surface area contributed by atoms with E-state index in [1.165, 1.54) is 0 Å². The fourth-order valence-electron chi connectivity index (χ4n) is 4.49. The number of carbonyl (C=O) groups is 2. The van der Waals surface area contributed by atoms with Gasteiger partial charge in [-0.3, -0.25) is 4.74 Å². The van der Waals surface area contributed by atoms with Gasteiger partial charge in [-0.2, -0.15) is 0 Å². The molecule has 5 rings (SSSR count). The molecule has 39 heavy (non-hydrogen) atoms. The Morgan fingerprint density at radius 3 is 2.10 bits per heavy atom. The Bertz CT molecular complexity index is 1250. The smallest absolute Gasteiger partial charge is 0.338 e. The highest BCUT2D eigenvalue weighted by atomic mass is 16.9. The number of fused-ring (bicyclic) bond motifs is 1. The van der Waals surface area contributed by atoms with Crippen LogP contribution in [0.4, 0.5) is 0 Å². The quantitative estimate of drug-likeness (QED) is 0.194. The Morgan fingerprint density at radius 1 is 0.846 bits per heavy atom. The molecule has 2 aliphatic heterocycles. The van der Waals surface area contributed by atoms with Gasteiger partial charge < -0.3 is 23.7 Å². The maximum atomic E-state index is 13.0. The van der Waals surface area contributed by atoms with E-state index in [9.17, 15) is 9.59 Å². The van der Waals surface area contributed by atoms with E-state index in [4.69, 9.17) is 28.4 Å². The summed E-state index contributed by atoms with van der Waals surface area (Å²) >= 11 is 0. The Morgan fingerprint density at radius 2 is 1.46 bits per heavy atom. The first-order valence-electron chi connectivity index (χ1n) is 12.9. The van der Waals surface area contributed by atoms with Gasteiger partial charge >= 0.3 is 17.9 Å². The van der Waals surface area contributed by atoms with Gasteiger partial charge in [0.1, 0.15) is 12.7 Å². The van der Waals surface area contributed by atoms with E-state index in [1.807, 2.05) is 48.5 Å². The van der Waals surface area contributed by atoms with Crippen LogP contribution in [-0.2, 0) is 34.4 Å². The molecule has 2 saturated heterocycles. The maximum absolute atomic E-state index is 13.0. The van der Waals surface area contributed by atoms with Gasteiger partial charge in [-0.15, -0.1) is 6.58 Å². The van der Waals surface area contributed by atoms with E-state index in [-0.39, 0.29) is 6.61 Å². The molecule has 3 aromatic rings. The van der Waals surface area contributed by atoms with Crippen molar-refractivity contribution in [1.82, 2.24) is 0 Å². The average molecular weight is 531 g/mol. The monoisotopic (exact) mass is 530 g/mol. The molecule has 2 aliphatic rings. The first kappa shape index (κ1) is 26.8. The van der Waals surface area contributed by atoms with Crippen LogP contribution in [0.25, 0.3) is 0 Å². The SMILES string of the molecule is C=CCCCOC1(c2ccccc2)O[C@H]2O[C@H](COC(=O)c3ccccc3)[C@H](OC(=O)c3ccccc3)[C@H]2O1. The number of hydrogen-bond donors (Lipinski definition) is 0. The lowest BCUT2D eigenvalue weighted by atomic mass is 10.1. The normalized spacial score (nSPS) is 25.5. The van der Waals surface area contributed by atoms with Gasteiger partial charge in [0.05, 0.1) is 17.7 Å². The summed E-state index contributed by atoms with van der Waals surface area (Å²) in [7, 11) is 0. The first-order chi connectivity index (χ1) is 19.1. The maximum Gasteiger partial charge on any atom is 0.338 e. The van der Waals surface area contributed by atoms with Crippen molar-refractivity contribution < 1.29 is 38.0 Å². The molecule has 3 aromatic carbocycles. The summed E-state index contributed by atoms with van der Waals surface area (Å²) in [5.74, 6) is -2.63. The predicted octanol–water partition coefficient (Wildman–Crippen LogP) is 5.00. The largest absolute Gasteiger partial charge is 0.459 e. The number of rotatable bonds is 11. The zero-order valence-electron chi connectivity index (χ0n) is 21.3. The Labute approximate surface area is 227 Å². The molecule has 2 fully saturated rings. The van der Waals surface area contributed by atoms with E-state index >= 15 is 0 Å². The Kier molecular flexibility index (Phi) is 8.48. The number of unbranched alkanes of at least 4 members (excludes halogenated alkanes) is 1. The summed E-state index contributed by atoms with van der Waals surface area (Å²) in [5.41, 5.74) is 1.41. The van der Waals surface area contributed by atoms with Gasteiger partial charge in [-0.05, 0) is 37.1 Å². The molecule has 0 saturated carbocycles. The van der Waals surface area contributed by atoms with Crippen LogP contribution >= 0.6 is 0 Å². The Balaban J connectivity index is 1.36. The molecule has 0 bridgehead atoms. The summed E-state index contributed by atoms with van der Waals surface area (Å²) in [5, 5.41) is 0. The highest BCUT2D eigenvalue weighted by Gasteiger charge is 2.61. The highest BCUT2D eigenvalue weighted by molar-refractivity contribution is 5.90. The molecule has 0 radical (unpaired) electrons. The van der Waals surface area contributed by atoms with E-state index in [0.29, 0.717) is 29.7 Å². The molecule has 0 aromatic heterocycles. The van der Waals surface area contributed by atoms with Crippen LogP contribution in [0.2, 0.25) is 0 Å². The number of esters is 2. The fourth-order valence-corrected chi connectivity index (χ4v) is 4.49. The van der Waals surface area contributed by atoms with Crippen LogP contribution in [0, 0.1) is 0 Å². The van der Waals surface area contributed by atoms with Crippen molar-refractivity contribution in [1.29, 1.82) is 0 Å². The van der Waals surface area contributed by atoms with E-state index in [0.717, 1.165) is 6.42 Å². The molecule has 0 aliphatic carbocycles. The molecule has 202 valence electrons. The highest BCUT2D eigenvalue weighted by Crippen LogP contribution is 2.45. The van der Waals surface area contributed by atoms with Crippen molar-refractivity contribution in [3.8, 4) is 0 Å². The summed E-state index contributed by atoms with van der Waals surface area (Å²) in [6.45, 7) is 3.92. The van der Waals surface area contributed by atoms with Crippen LogP contribution in [0.3, 0.4) is 0 Å². The van der Waals surface area contributed by atoms with Gasteiger partial charge in [-0.1, -0.05) is 72.8 Å². The van der Waals surface area contributed by atoms with Gasteiger partial charge in [0, 0.05) is 5.56 Å². The van der Waals surface area contributed by atoms with E-state index < -0.39 is 42.5 Å². The minimum Gasteiger partial charge on any atom is -0.459 e. The third-order valence-electron chi connectivity index (χ3n) is 6.44. The summed E-state index contributed by atoms with van der Waals surface area (Å²) in [6, 6.07) is 26.5. The molecule has 0 amide bonds. The number of hydrogen-bond acceptors (Lipinski definition) is 8. The van der Waals surface area contributed by atoms with E-state index in [1.54, 1.807) is 48.5 Å². The van der Waals surface area contributed by atoms with Crippen molar-refractivity contribution in [2.45, 2.75) is 43.4 Å². The molecule has 8 nitrogen and oxygen atoms in total. The predicted molar refractivity (Wildman–Crippen MR) is 140 cm³/mol. The number of benzene rings is 3. The van der Waals surface area contributed by atoms with Crippen LogP contribution in [0.5, 0.6) is 0 Å². The molecule has 1 unspecified atom stereocenters. The lowest BCUT2D eigenvalue weighted by Crippen LogP contribution is -2.42. The van der Waals surface area contributed by atoms with Gasteiger partial charge in [0.2, 0.25) is 0 Å². The Hall–Kier alpha value is -3.82. The van der Waals surface area contributed by atoms with Crippen molar-refractivity contribution in [2.75, 3.05) is 13.2 Å². The lowest BCUT2D eigenvalue weighted by Gasteiger charge is -2.31. The standard InChI is InChI=1S/C31H30O8/c1-2-3-13-20-35-31(24-18-11-6-12-19-24)38-27-26(37-29(33)23-16-9-5-10-17-23)25(36-30(27)39-31)21-34-28(32)22-14-7-4-8-15-22/h2,4-12,14-19,25-27,30H,1,3,13,20-21H2/t25-,26+,27-,30-,31?/m1/s1. The van der Waals surface area contributed by atoms with Crippen LogP contribution in [0.15, 0.2) is 104 Å². The second-order valence-corrected chi connectivity index (χ2v) is 9.15. The lowest BCUT2D eigenvalue weighted by molar-refractivity contribution is -0.376. The third-order valence-corrected chi connectivity index (χ3v) is 6.44. The van der Waals surface area contributed by atoms with Crippen LogP contribution in [0.1, 0.15) is 39.1 Å². The average Bonchev–Trinajstić information content (AvgIpc) is 3.50. The molecule has 5 atom stereocenters. The third kappa shape index (κ3) is 6.10. The minimum absolute atomic E-state index is 0.168. The molecular formula is C31H30O8. The summed E-state index contributed by atoms with van der Waals surface area (Å²) in [6.07, 6.45) is -0.237. The zero-order chi connectivity index (χ0) is 27.1. The van der Waals surface area contributed by atoms with E-state index in [2.05, 4.69) is 6.58 Å². The molecule has 0 spiro atoms. The second kappa shape index (κ2) is 12.4. The number of allylic oxidation sites excluding steroid dienone is 1. The first-order valence-corrected chi connectivity index (χ1v) is 12.9. The van der Waals surface area contributed by atoms with Crippen molar-refractivity contribution >= 4 is 11.9 Å². The fraction of sp³-hybridized carbons (Fsp3) is 0.290. The van der Waals surface area contributed by atoms with Crippen molar-refractivity contribution in [3.63, 3.8) is 0 Å². The molecular weight excluding hydrogens is 500 g/mol. The van der Waals surface area contributed by atoms with Gasteiger partial charge in [0.15, 0.2) is 18.5 Å². The minimum atomic E-state index is -1.55. The molecule has 8 heteroatoms. The number of carbonyl (C=O) groups excluding carboxylic acids is 2. The van der Waals surface area contributed by atoms with Crippen molar-refractivity contribution in [2.24, 2.45) is 0 Å². The van der Waals surface area contributed by atoms with Gasteiger partial charge in [0.25, 0.3) is 0 Å². The molecule has 2 heterocycles. The van der Waals surface area contributed by atoms with Crippen LogP contribution < -0.4 is 0 Å². The van der Waals surface area contributed by atoms with Crippen LogP contribution in [-0.4, -0.2) is 49.8 Å². The second-order valence-electron chi connectivity index (χ2n) is 9.15. The number of ether oxygens (including phenoxy) is 6. The topological polar surface area (TPSA) is 89.5 Å². The summed E-state index contributed by atoms with van der Waals surface area (Å²) in [4.78, 5) is 25.6. The zero-order valence-corrected chi connectivity index (χ0v) is 21.3. The van der Waals surface area contributed by atoms with Gasteiger partial charge in [-0.25, -0.2) is 9.59 Å².